The van der Waals surface area contributed by atoms with Crippen molar-refractivity contribution in [2.45, 2.75) is 13.0 Å². The lowest BCUT2D eigenvalue weighted by Crippen LogP contribution is -2.04. The number of hydrogen-bond acceptors (Lipinski definition) is 4. The molecule has 0 bridgehead atoms. The Bertz CT molecular complexity index is 358. The summed E-state index contributed by atoms with van der Waals surface area (Å²) in [5.41, 5.74) is 0.988. The van der Waals surface area contributed by atoms with E-state index in [-0.39, 0.29) is 0 Å². The predicted molar refractivity (Wildman–Crippen MR) is 55.0 cm³/mol. The first kappa shape index (κ1) is 11.5. The van der Waals surface area contributed by atoms with Crippen molar-refractivity contribution in [1.29, 1.82) is 0 Å². The zero-order chi connectivity index (χ0) is 11.4. The highest BCUT2D eigenvalue weighted by molar-refractivity contribution is 5.90. The quantitative estimate of drug-likeness (QED) is 0.769. The van der Waals surface area contributed by atoms with E-state index in [1.807, 2.05) is 0 Å². The lowest BCUT2D eigenvalue weighted by Gasteiger charge is -2.09. The van der Waals surface area contributed by atoms with E-state index in [0.717, 1.165) is 0 Å². The Kier molecular flexibility index (Phi) is 3.68. The number of aliphatic hydroxyl groups is 1. The molecule has 4 nitrogen and oxygen atoms in total. The third-order valence-corrected chi connectivity index (χ3v) is 2.07. The molecule has 0 saturated heterocycles. The number of rotatable bonds is 3. The fraction of sp³-hybridized carbons (Fsp3) is 0.364. The van der Waals surface area contributed by atoms with Crippen molar-refractivity contribution in [2.24, 2.45) is 0 Å². The van der Waals surface area contributed by atoms with Crippen molar-refractivity contribution in [1.82, 2.24) is 0 Å². The summed E-state index contributed by atoms with van der Waals surface area (Å²) in [7, 11) is 2.81. The summed E-state index contributed by atoms with van der Waals surface area (Å²) < 4.78 is 9.62. The summed E-state index contributed by atoms with van der Waals surface area (Å²) in [6.45, 7) is 1.62. The van der Waals surface area contributed by atoms with Gasteiger partial charge in [-0.3, -0.25) is 0 Å². The molecule has 0 heterocycles. The van der Waals surface area contributed by atoms with Crippen LogP contribution in [0.2, 0.25) is 0 Å². The van der Waals surface area contributed by atoms with Gasteiger partial charge in [0, 0.05) is 0 Å². The molecule has 0 aliphatic heterocycles. The van der Waals surface area contributed by atoms with Crippen molar-refractivity contribution in [3.8, 4) is 5.75 Å². The topological polar surface area (TPSA) is 55.8 Å². The van der Waals surface area contributed by atoms with Crippen LogP contribution in [0.15, 0.2) is 18.2 Å². The van der Waals surface area contributed by atoms with Crippen molar-refractivity contribution in [3.63, 3.8) is 0 Å². The first-order valence-corrected chi connectivity index (χ1v) is 4.54. The Labute approximate surface area is 88.4 Å². The molecule has 0 amide bonds. The molecule has 4 heteroatoms. The van der Waals surface area contributed by atoms with Gasteiger partial charge in [0.05, 0.1) is 25.9 Å². The molecule has 15 heavy (non-hydrogen) atoms. The Morgan fingerprint density at radius 1 is 1.33 bits per heavy atom. The van der Waals surface area contributed by atoms with Gasteiger partial charge in [-0.2, -0.15) is 0 Å². The van der Waals surface area contributed by atoms with Crippen LogP contribution < -0.4 is 4.74 Å². The van der Waals surface area contributed by atoms with Crippen LogP contribution in [0.4, 0.5) is 0 Å². The van der Waals surface area contributed by atoms with Gasteiger partial charge in [0.1, 0.15) is 5.75 Å². The van der Waals surface area contributed by atoms with Gasteiger partial charge in [0.15, 0.2) is 0 Å². The van der Waals surface area contributed by atoms with E-state index in [1.54, 1.807) is 25.1 Å². The van der Waals surface area contributed by atoms with Crippen molar-refractivity contribution in [3.05, 3.63) is 29.3 Å². The number of methoxy groups -OCH3 is 2. The number of carbonyl (C=O) groups is 1. The summed E-state index contributed by atoms with van der Waals surface area (Å²) in [6.07, 6.45) is -0.650. The van der Waals surface area contributed by atoms with Gasteiger partial charge in [-0.1, -0.05) is 0 Å². The lowest BCUT2D eigenvalue weighted by atomic mass is 10.1. The number of ether oxygens (including phenoxy) is 2. The summed E-state index contributed by atoms with van der Waals surface area (Å²) >= 11 is 0. The van der Waals surface area contributed by atoms with Gasteiger partial charge < -0.3 is 14.6 Å². The number of aliphatic hydroxyl groups excluding tert-OH is 1. The molecule has 0 aliphatic rings. The van der Waals surface area contributed by atoms with E-state index >= 15 is 0 Å². The highest BCUT2D eigenvalue weighted by Crippen LogP contribution is 2.22. The minimum atomic E-state index is -0.650. The third-order valence-electron chi connectivity index (χ3n) is 2.07. The molecular formula is C11H14O4. The molecule has 1 N–H and O–H groups in total. The molecule has 1 unspecified atom stereocenters. The fourth-order valence-corrected chi connectivity index (χ4v) is 1.22. The Morgan fingerprint density at radius 2 is 2.00 bits per heavy atom. The molecule has 1 rings (SSSR count). The van der Waals surface area contributed by atoms with Gasteiger partial charge >= 0.3 is 5.97 Å². The molecule has 82 valence electrons. The highest BCUT2D eigenvalue weighted by Gasteiger charge is 2.11. The maximum atomic E-state index is 11.3. The molecule has 0 aliphatic carbocycles. The molecule has 0 saturated carbocycles. The second-order valence-electron chi connectivity index (χ2n) is 3.16. The third kappa shape index (κ3) is 2.70. The zero-order valence-electron chi connectivity index (χ0n) is 8.98. The zero-order valence-corrected chi connectivity index (χ0v) is 8.98. The summed E-state index contributed by atoms with van der Waals surface area (Å²) in [5, 5.41) is 9.41. The monoisotopic (exact) mass is 210 g/mol. The Morgan fingerprint density at radius 3 is 2.47 bits per heavy atom. The molecular weight excluding hydrogens is 196 g/mol. The largest absolute Gasteiger partial charge is 0.497 e. The molecule has 1 aromatic carbocycles. The Balaban J connectivity index is 3.17. The van der Waals surface area contributed by atoms with Crippen LogP contribution in [0.5, 0.6) is 5.75 Å². The average Bonchev–Trinajstić information content (AvgIpc) is 2.27. The van der Waals surface area contributed by atoms with Gasteiger partial charge in [0.2, 0.25) is 0 Å². The van der Waals surface area contributed by atoms with E-state index in [1.165, 1.54) is 14.2 Å². The predicted octanol–water partition coefficient (Wildman–Crippen LogP) is 1.54. The highest BCUT2D eigenvalue weighted by atomic mass is 16.5. The van der Waals surface area contributed by atoms with Crippen LogP contribution in [-0.2, 0) is 4.74 Å². The SMILES string of the molecule is COC(=O)c1cc(OC)cc(C(C)O)c1. The minimum Gasteiger partial charge on any atom is -0.497 e. The van der Waals surface area contributed by atoms with Crippen molar-refractivity contribution >= 4 is 5.97 Å². The van der Waals surface area contributed by atoms with E-state index in [9.17, 15) is 9.90 Å². The van der Waals surface area contributed by atoms with Crippen LogP contribution >= 0.6 is 0 Å². The van der Waals surface area contributed by atoms with E-state index in [4.69, 9.17) is 4.74 Å². The lowest BCUT2D eigenvalue weighted by molar-refractivity contribution is 0.0600. The summed E-state index contributed by atoms with van der Waals surface area (Å²) in [5.74, 6) is 0.0737. The first-order chi connectivity index (χ1) is 7.08. The van der Waals surface area contributed by atoms with Crippen LogP contribution in [0.25, 0.3) is 0 Å². The molecule has 1 atom stereocenters. The van der Waals surface area contributed by atoms with Crippen LogP contribution in [0.3, 0.4) is 0 Å². The van der Waals surface area contributed by atoms with Crippen LogP contribution in [0.1, 0.15) is 28.9 Å². The number of carbonyl (C=O) groups excluding carboxylic acids is 1. The minimum absolute atomic E-state index is 0.368. The maximum absolute atomic E-state index is 11.3. The number of hydrogen-bond donors (Lipinski definition) is 1. The van der Waals surface area contributed by atoms with Crippen molar-refractivity contribution in [2.75, 3.05) is 14.2 Å². The molecule has 0 aromatic heterocycles. The second-order valence-corrected chi connectivity index (χ2v) is 3.16. The van der Waals surface area contributed by atoms with Gasteiger partial charge in [-0.05, 0) is 30.7 Å². The molecule has 0 spiro atoms. The molecule has 1 aromatic rings. The molecule has 0 fully saturated rings. The summed E-state index contributed by atoms with van der Waals surface area (Å²) in [6, 6.07) is 4.83. The number of benzene rings is 1. The van der Waals surface area contributed by atoms with E-state index in [2.05, 4.69) is 4.74 Å². The summed E-state index contributed by atoms with van der Waals surface area (Å²) in [4.78, 5) is 11.3. The smallest absolute Gasteiger partial charge is 0.337 e. The maximum Gasteiger partial charge on any atom is 0.337 e. The van der Waals surface area contributed by atoms with Gasteiger partial charge in [-0.15, -0.1) is 0 Å². The van der Waals surface area contributed by atoms with Crippen molar-refractivity contribution < 1.29 is 19.4 Å². The van der Waals surface area contributed by atoms with Crippen LogP contribution in [0, 0.1) is 0 Å². The van der Waals surface area contributed by atoms with E-state index < -0.39 is 12.1 Å². The standard InChI is InChI=1S/C11H14O4/c1-7(12)8-4-9(11(13)15-3)6-10(5-8)14-2/h4-7,12H,1-3H3. The van der Waals surface area contributed by atoms with Gasteiger partial charge in [-0.25, -0.2) is 4.79 Å². The number of esters is 1. The first-order valence-electron chi connectivity index (χ1n) is 4.54. The molecule has 0 radical (unpaired) electrons. The fourth-order valence-electron chi connectivity index (χ4n) is 1.22. The Hall–Kier alpha value is -1.55. The van der Waals surface area contributed by atoms with Gasteiger partial charge in [0.25, 0.3) is 0 Å². The van der Waals surface area contributed by atoms with Crippen LogP contribution in [-0.4, -0.2) is 25.3 Å². The average molecular weight is 210 g/mol. The normalized spacial score (nSPS) is 12.0. The second kappa shape index (κ2) is 4.79. The van der Waals surface area contributed by atoms with E-state index in [0.29, 0.717) is 16.9 Å².